The lowest BCUT2D eigenvalue weighted by atomic mass is 10.2. The fourth-order valence-corrected chi connectivity index (χ4v) is 2.88. The summed E-state index contributed by atoms with van der Waals surface area (Å²) in [6.45, 7) is 0. The number of imide groups is 1. The van der Waals surface area contributed by atoms with Crippen LogP contribution in [0.25, 0.3) is 10.2 Å². The zero-order valence-corrected chi connectivity index (χ0v) is 9.48. The molecular weight excluding hydrogens is 238 g/mol. The molecule has 0 unspecified atom stereocenters. The lowest BCUT2D eigenvalue weighted by molar-refractivity contribution is -0.123. The third kappa shape index (κ3) is 1.13. The predicted octanol–water partition coefficient (Wildman–Crippen LogP) is 1.20. The minimum atomic E-state index is -0.0671. The molecule has 1 aliphatic carbocycles. The van der Waals surface area contributed by atoms with E-state index < -0.39 is 0 Å². The van der Waals surface area contributed by atoms with E-state index in [1.165, 1.54) is 16.4 Å². The van der Waals surface area contributed by atoms with Gasteiger partial charge in [-0.15, -0.1) is 5.10 Å². The molecule has 1 aliphatic heterocycles. The van der Waals surface area contributed by atoms with Gasteiger partial charge in [0.05, 0.1) is 22.2 Å². The highest BCUT2D eigenvalue weighted by Gasteiger charge is 2.59. The number of rotatable bonds is 1. The second kappa shape index (κ2) is 2.89. The molecule has 4 rings (SSSR count). The largest absolute Gasteiger partial charge is 0.274 e. The normalized spacial score (nSPS) is 26.7. The number of fused-ring (bicyclic) bond motifs is 2. The van der Waals surface area contributed by atoms with Crippen molar-refractivity contribution in [3.63, 3.8) is 0 Å². The van der Waals surface area contributed by atoms with Gasteiger partial charge in [-0.2, -0.15) is 0 Å². The molecule has 5 nitrogen and oxygen atoms in total. The molecule has 2 fully saturated rings. The lowest BCUT2D eigenvalue weighted by Crippen LogP contribution is -2.32. The van der Waals surface area contributed by atoms with Gasteiger partial charge in [0.15, 0.2) is 0 Å². The molecule has 0 radical (unpaired) electrons. The molecule has 2 amide bonds. The van der Waals surface area contributed by atoms with Crippen LogP contribution in [0.4, 0.5) is 5.69 Å². The monoisotopic (exact) mass is 245 g/mol. The number of nitrogens with zero attached hydrogens (tertiary/aromatic N) is 3. The lowest BCUT2D eigenvalue weighted by Gasteiger charge is -2.15. The summed E-state index contributed by atoms with van der Waals surface area (Å²) in [6.07, 6.45) is 0.731. The van der Waals surface area contributed by atoms with Crippen LogP contribution in [0.2, 0.25) is 0 Å². The second-order valence-corrected chi connectivity index (χ2v) is 5.17. The van der Waals surface area contributed by atoms with Crippen molar-refractivity contribution in [2.24, 2.45) is 11.8 Å². The van der Waals surface area contributed by atoms with Crippen LogP contribution in [0.15, 0.2) is 18.2 Å². The van der Waals surface area contributed by atoms with Crippen molar-refractivity contribution in [1.82, 2.24) is 9.59 Å². The third-order valence-electron chi connectivity index (χ3n) is 3.35. The van der Waals surface area contributed by atoms with Gasteiger partial charge in [0.1, 0.15) is 5.52 Å². The maximum absolute atomic E-state index is 11.9. The van der Waals surface area contributed by atoms with E-state index in [1.807, 2.05) is 6.07 Å². The van der Waals surface area contributed by atoms with Gasteiger partial charge in [0.25, 0.3) is 0 Å². The molecule has 0 N–H and O–H groups in total. The summed E-state index contributed by atoms with van der Waals surface area (Å²) >= 11 is 1.30. The first-order valence-corrected chi connectivity index (χ1v) is 6.13. The minimum Gasteiger partial charge on any atom is -0.274 e. The first-order valence-electron chi connectivity index (χ1n) is 5.35. The van der Waals surface area contributed by atoms with Crippen LogP contribution in [-0.2, 0) is 9.59 Å². The second-order valence-electron chi connectivity index (χ2n) is 4.39. The van der Waals surface area contributed by atoms with Crippen molar-refractivity contribution < 1.29 is 9.59 Å². The summed E-state index contributed by atoms with van der Waals surface area (Å²) in [5.74, 6) is -0.261. The number of benzene rings is 1. The van der Waals surface area contributed by atoms with Gasteiger partial charge in [-0.05, 0) is 36.2 Å². The van der Waals surface area contributed by atoms with Crippen LogP contribution in [0, 0.1) is 11.8 Å². The topological polar surface area (TPSA) is 63.2 Å². The number of carbonyl (C=O) groups excluding carboxylic acids is 2. The Kier molecular flexibility index (Phi) is 1.57. The minimum absolute atomic E-state index is 0.0632. The van der Waals surface area contributed by atoms with Crippen molar-refractivity contribution in [3.8, 4) is 0 Å². The molecule has 0 bridgehead atoms. The zero-order valence-electron chi connectivity index (χ0n) is 8.66. The predicted molar refractivity (Wildman–Crippen MR) is 61.5 cm³/mol. The first kappa shape index (κ1) is 9.23. The smallest absolute Gasteiger partial charge is 0.237 e. The molecule has 0 spiro atoms. The summed E-state index contributed by atoms with van der Waals surface area (Å²) < 4.78 is 4.79. The van der Waals surface area contributed by atoms with E-state index in [1.54, 1.807) is 12.1 Å². The fourth-order valence-electron chi connectivity index (χ4n) is 2.34. The SMILES string of the molecule is O=C1[C@@H]2C[C@H]2C(=O)N1c1ccc2snnc2c1. The Morgan fingerprint density at radius 1 is 1.24 bits per heavy atom. The highest BCUT2D eigenvalue weighted by molar-refractivity contribution is 7.12. The Morgan fingerprint density at radius 2 is 2.00 bits per heavy atom. The van der Waals surface area contributed by atoms with E-state index in [9.17, 15) is 9.59 Å². The van der Waals surface area contributed by atoms with Gasteiger partial charge in [-0.3, -0.25) is 9.59 Å². The molecule has 2 atom stereocenters. The molecule has 1 aromatic heterocycles. The quantitative estimate of drug-likeness (QED) is 0.708. The van der Waals surface area contributed by atoms with Crippen molar-refractivity contribution in [2.75, 3.05) is 4.90 Å². The number of amides is 2. The first-order chi connectivity index (χ1) is 8.25. The summed E-state index contributed by atoms with van der Waals surface area (Å²) in [6, 6.07) is 5.38. The number of carbonyl (C=O) groups is 2. The number of aromatic nitrogens is 2. The Morgan fingerprint density at radius 3 is 2.76 bits per heavy atom. The van der Waals surface area contributed by atoms with Crippen LogP contribution >= 0.6 is 11.5 Å². The van der Waals surface area contributed by atoms with Crippen LogP contribution in [0.1, 0.15) is 6.42 Å². The molecule has 1 saturated heterocycles. The standard InChI is InChI=1S/C11H7N3O2S/c15-10-6-4-7(6)11(16)14(10)5-1-2-9-8(3-5)12-13-17-9/h1-3,6-7H,4H2/t6-,7-/m1/s1. The van der Waals surface area contributed by atoms with Crippen molar-refractivity contribution in [1.29, 1.82) is 0 Å². The van der Waals surface area contributed by atoms with Gasteiger partial charge < -0.3 is 0 Å². The Hall–Kier alpha value is -1.82. The molecule has 6 heteroatoms. The maximum Gasteiger partial charge on any atom is 0.237 e. The number of anilines is 1. The average molecular weight is 245 g/mol. The van der Waals surface area contributed by atoms with E-state index in [0.29, 0.717) is 5.69 Å². The molecule has 2 aromatic rings. The van der Waals surface area contributed by atoms with Crippen molar-refractivity contribution in [2.45, 2.75) is 6.42 Å². The van der Waals surface area contributed by atoms with Crippen molar-refractivity contribution >= 4 is 39.3 Å². The van der Waals surface area contributed by atoms with E-state index in [4.69, 9.17) is 0 Å². The van der Waals surface area contributed by atoms with Crippen molar-refractivity contribution in [3.05, 3.63) is 18.2 Å². The highest BCUT2D eigenvalue weighted by atomic mass is 32.1. The van der Waals surface area contributed by atoms with E-state index in [2.05, 4.69) is 9.59 Å². The van der Waals surface area contributed by atoms with Gasteiger partial charge in [-0.25, -0.2) is 4.90 Å². The van der Waals surface area contributed by atoms with E-state index in [0.717, 1.165) is 16.6 Å². The number of hydrogen-bond acceptors (Lipinski definition) is 5. The molecule has 17 heavy (non-hydrogen) atoms. The van der Waals surface area contributed by atoms with Gasteiger partial charge in [0, 0.05) is 0 Å². The Balaban J connectivity index is 1.83. The van der Waals surface area contributed by atoms with Crippen LogP contribution in [-0.4, -0.2) is 21.4 Å². The summed E-state index contributed by atoms with van der Waals surface area (Å²) in [5.41, 5.74) is 1.35. The van der Waals surface area contributed by atoms with E-state index >= 15 is 0 Å². The zero-order chi connectivity index (χ0) is 11.6. The molecule has 2 aliphatic rings. The van der Waals surface area contributed by atoms with Gasteiger partial charge in [0.2, 0.25) is 11.8 Å². The molecule has 84 valence electrons. The van der Waals surface area contributed by atoms with Crippen LogP contribution < -0.4 is 4.90 Å². The Bertz CT molecular complexity index is 646. The maximum atomic E-state index is 11.9. The number of hydrogen-bond donors (Lipinski definition) is 0. The van der Waals surface area contributed by atoms with Gasteiger partial charge in [-0.1, -0.05) is 4.49 Å². The summed E-state index contributed by atoms with van der Waals surface area (Å²) in [5, 5.41) is 3.95. The fraction of sp³-hybridized carbons (Fsp3) is 0.273. The van der Waals surface area contributed by atoms with Gasteiger partial charge >= 0.3 is 0 Å². The summed E-state index contributed by atoms with van der Waals surface area (Å²) in [7, 11) is 0. The molecule has 2 heterocycles. The molecular formula is C11H7N3O2S. The van der Waals surface area contributed by atoms with Crippen LogP contribution in [0.3, 0.4) is 0 Å². The molecule has 1 saturated carbocycles. The van der Waals surface area contributed by atoms with E-state index in [-0.39, 0.29) is 23.7 Å². The average Bonchev–Trinajstić information content (AvgIpc) is 2.93. The summed E-state index contributed by atoms with van der Waals surface area (Å²) in [4.78, 5) is 25.1. The highest BCUT2D eigenvalue weighted by Crippen LogP contribution is 2.48. The Labute approximate surface area is 100 Å². The van der Waals surface area contributed by atoms with Crippen LogP contribution in [0.5, 0.6) is 0 Å². The number of piperidine rings is 1. The molecule has 1 aromatic carbocycles. The third-order valence-corrected chi connectivity index (χ3v) is 4.06.